The molecule has 0 aliphatic carbocycles. The minimum atomic E-state index is -0.539. The molecule has 0 aromatic heterocycles. The summed E-state index contributed by atoms with van der Waals surface area (Å²) in [5.41, 5.74) is 1.72. The third kappa shape index (κ3) is 4.90. The number of benzene rings is 2. The van der Waals surface area contributed by atoms with Crippen molar-refractivity contribution in [3.05, 3.63) is 69.7 Å². The topological polar surface area (TPSA) is 12.0 Å². The van der Waals surface area contributed by atoms with Crippen LogP contribution in [0.15, 0.2) is 46.9 Å². The van der Waals surface area contributed by atoms with E-state index in [2.05, 4.69) is 33.4 Å². The quantitative estimate of drug-likeness (QED) is 0.806. The summed E-state index contributed by atoms with van der Waals surface area (Å²) >= 11 is 3.46. The molecule has 21 heavy (non-hydrogen) atoms. The highest BCUT2D eigenvalue weighted by atomic mass is 79.9. The maximum Gasteiger partial charge on any atom is 0.129 e. The Morgan fingerprint density at radius 2 is 1.90 bits per heavy atom. The average Bonchev–Trinajstić information content (AvgIpc) is 2.42. The number of halogens is 3. The Morgan fingerprint density at radius 1 is 1.10 bits per heavy atom. The van der Waals surface area contributed by atoms with Crippen molar-refractivity contribution in [2.45, 2.75) is 25.8 Å². The maximum atomic E-state index is 13.8. The van der Waals surface area contributed by atoms with Crippen molar-refractivity contribution in [2.75, 3.05) is 6.54 Å². The van der Waals surface area contributed by atoms with E-state index in [0.29, 0.717) is 12.0 Å². The van der Waals surface area contributed by atoms with Crippen LogP contribution < -0.4 is 5.32 Å². The van der Waals surface area contributed by atoms with Crippen LogP contribution in [0, 0.1) is 11.6 Å². The highest BCUT2D eigenvalue weighted by Crippen LogP contribution is 2.16. The van der Waals surface area contributed by atoms with Gasteiger partial charge < -0.3 is 5.32 Å². The van der Waals surface area contributed by atoms with Crippen molar-refractivity contribution in [3.63, 3.8) is 0 Å². The lowest BCUT2D eigenvalue weighted by molar-refractivity contribution is 0.501. The fourth-order valence-corrected chi connectivity index (χ4v) is 2.85. The van der Waals surface area contributed by atoms with Crippen LogP contribution in [-0.4, -0.2) is 12.6 Å². The number of hydrogen-bond donors (Lipinski definition) is 1. The molecule has 0 bridgehead atoms. The number of rotatable bonds is 6. The Morgan fingerprint density at radius 3 is 2.57 bits per heavy atom. The van der Waals surface area contributed by atoms with E-state index < -0.39 is 11.6 Å². The van der Waals surface area contributed by atoms with Gasteiger partial charge in [-0.15, -0.1) is 0 Å². The molecule has 1 nitrogen and oxygen atoms in total. The van der Waals surface area contributed by atoms with Crippen molar-refractivity contribution >= 4 is 15.9 Å². The Balaban J connectivity index is 2.11. The van der Waals surface area contributed by atoms with E-state index in [1.807, 2.05) is 19.1 Å². The highest BCUT2D eigenvalue weighted by Gasteiger charge is 2.13. The van der Waals surface area contributed by atoms with Crippen LogP contribution in [-0.2, 0) is 12.8 Å². The second-order valence-electron chi connectivity index (χ2n) is 5.03. The van der Waals surface area contributed by atoms with Gasteiger partial charge in [0.15, 0.2) is 0 Å². The predicted octanol–water partition coefficient (Wildman–Crippen LogP) is 4.49. The Hall–Kier alpha value is -1.26. The Bertz CT molecular complexity index is 601. The van der Waals surface area contributed by atoms with Crippen molar-refractivity contribution in [1.29, 1.82) is 0 Å². The summed E-state index contributed by atoms with van der Waals surface area (Å²) in [7, 11) is 0. The first kappa shape index (κ1) is 16.1. The van der Waals surface area contributed by atoms with Gasteiger partial charge in [-0.3, -0.25) is 0 Å². The molecule has 0 saturated heterocycles. The molecule has 0 aliphatic heterocycles. The van der Waals surface area contributed by atoms with Crippen LogP contribution in [0.5, 0.6) is 0 Å². The fraction of sp³-hybridized carbons (Fsp3) is 0.294. The van der Waals surface area contributed by atoms with Crippen molar-refractivity contribution in [2.24, 2.45) is 0 Å². The van der Waals surface area contributed by atoms with E-state index in [0.717, 1.165) is 23.5 Å². The molecule has 0 radical (unpaired) electrons. The van der Waals surface area contributed by atoms with Gasteiger partial charge in [0.1, 0.15) is 11.6 Å². The lowest BCUT2D eigenvalue weighted by atomic mass is 9.98. The zero-order valence-corrected chi connectivity index (χ0v) is 13.5. The molecule has 2 aromatic carbocycles. The van der Waals surface area contributed by atoms with Crippen molar-refractivity contribution in [3.8, 4) is 0 Å². The molecule has 0 heterocycles. The van der Waals surface area contributed by atoms with Gasteiger partial charge in [-0.05, 0) is 48.7 Å². The molecular formula is C17H18BrF2N. The van der Waals surface area contributed by atoms with E-state index in [9.17, 15) is 8.78 Å². The number of hydrogen-bond acceptors (Lipinski definition) is 1. The third-order valence-corrected chi connectivity index (χ3v) is 3.84. The van der Waals surface area contributed by atoms with E-state index >= 15 is 0 Å². The Labute approximate surface area is 132 Å². The van der Waals surface area contributed by atoms with Crippen LogP contribution in [0.25, 0.3) is 0 Å². The second kappa shape index (κ2) is 7.66. The third-order valence-electron chi connectivity index (χ3n) is 3.35. The lowest BCUT2D eigenvalue weighted by Crippen LogP contribution is -2.33. The first-order valence-corrected chi connectivity index (χ1v) is 7.79. The SMILES string of the molecule is CCNC(Cc1cccc(Br)c1)Cc1ccc(F)cc1F. The molecule has 0 fully saturated rings. The molecule has 1 unspecified atom stereocenters. The molecule has 2 aromatic rings. The van der Waals surface area contributed by atoms with Crippen LogP contribution >= 0.6 is 15.9 Å². The van der Waals surface area contributed by atoms with E-state index in [1.54, 1.807) is 0 Å². The van der Waals surface area contributed by atoms with E-state index in [1.165, 1.54) is 17.7 Å². The number of likely N-dealkylation sites (N-methyl/N-ethyl adjacent to an activating group) is 1. The van der Waals surface area contributed by atoms with Gasteiger partial charge in [0.25, 0.3) is 0 Å². The molecule has 2 rings (SSSR count). The molecule has 0 spiro atoms. The van der Waals surface area contributed by atoms with Crippen LogP contribution in [0.3, 0.4) is 0 Å². The summed E-state index contributed by atoms with van der Waals surface area (Å²) in [6.45, 7) is 2.83. The van der Waals surface area contributed by atoms with Crippen LogP contribution in [0.4, 0.5) is 8.78 Å². The molecule has 0 aliphatic rings. The smallest absolute Gasteiger partial charge is 0.129 e. The van der Waals surface area contributed by atoms with Gasteiger partial charge in [-0.2, -0.15) is 0 Å². The molecular weight excluding hydrogens is 336 g/mol. The zero-order chi connectivity index (χ0) is 15.2. The summed E-state index contributed by atoms with van der Waals surface area (Å²) in [5.74, 6) is -1.02. The molecule has 4 heteroatoms. The molecule has 1 atom stereocenters. The minimum absolute atomic E-state index is 0.115. The second-order valence-corrected chi connectivity index (χ2v) is 5.94. The Kier molecular flexibility index (Phi) is 5.88. The largest absolute Gasteiger partial charge is 0.314 e. The van der Waals surface area contributed by atoms with Gasteiger partial charge in [0.05, 0.1) is 0 Å². The van der Waals surface area contributed by atoms with Crippen LogP contribution in [0.1, 0.15) is 18.1 Å². The van der Waals surface area contributed by atoms with Gasteiger partial charge in [0, 0.05) is 16.6 Å². The monoisotopic (exact) mass is 353 g/mol. The fourth-order valence-electron chi connectivity index (χ4n) is 2.41. The molecule has 112 valence electrons. The van der Waals surface area contributed by atoms with Gasteiger partial charge in [-0.1, -0.05) is 41.1 Å². The normalized spacial score (nSPS) is 12.4. The number of nitrogens with one attached hydrogen (secondary N) is 1. The molecule has 1 N–H and O–H groups in total. The van der Waals surface area contributed by atoms with E-state index in [-0.39, 0.29) is 6.04 Å². The minimum Gasteiger partial charge on any atom is -0.314 e. The predicted molar refractivity (Wildman–Crippen MR) is 85.4 cm³/mol. The van der Waals surface area contributed by atoms with Gasteiger partial charge >= 0.3 is 0 Å². The first-order valence-electron chi connectivity index (χ1n) is 7.00. The molecule has 0 saturated carbocycles. The maximum absolute atomic E-state index is 13.8. The van der Waals surface area contributed by atoms with Crippen molar-refractivity contribution in [1.82, 2.24) is 5.32 Å². The van der Waals surface area contributed by atoms with E-state index in [4.69, 9.17) is 0 Å². The molecule has 0 amide bonds. The lowest BCUT2D eigenvalue weighted by Gasteiger charge is -2.18. The van der Waals surface area contributed by atoms with Gasteiger partial charge in [0.2, 0.25) is 0 Å². The summed E-state index contributed by atoms with van der Waals surface area (Å²) in [5, 5.41) is 3.37. The van der Waals surface area contributed by atoms with Crippen LogP contribution in [0.2, 0.25) is 0 Å². The van der Waals surface area contributed by atoms with Crippen molar-refractivity contribution < 1.29 is 8.78 Å². The average molecular weight is 354 g/mol. The summed E-state index contributed by atoms with van der Waals surface area (Å²) in [4.78, 5) is 0. The zero-order valence-electron chi connectivity index (χ0n) is 11.9. The standard InChI is InChI=1S/C17H18BrF2N/c1-2-21-16(9-12-4-3-5-14(18)8-12)10-13-6-7-15(19)11-17(13)20/h3-8,11,16,21H,2,9-10H2,1H3. The summed E-state index contributed by atoms with van der Waals surface area (Å²) in [6.07, 6.45) is 1.33. The summed E-state index contributed by atoms with van der Waals surface area (Å²) < 4.78 is 27.8. The first-order chi connectivity index (χ1) is 10.1. The highest BCUT2D eigenvalue weighted by molar-refractivity contribution is 9.10. The van der Waals surface area contributed by atoms with Gasteiger partial charge in [-0.25, -0.2) is 8.78 Å². The summed E-state index contributed by atoms with van der Waals surface area (Å²) in [6, 6.07) is 12.0.